The summed E-state index contributed by atoms with van der Waals surface area (Å²) in [5.41, 5.74) is 0.284. The predicted molar refractivity (Wildman–Crippen MR) is 117 cm³/mol. The van der Waals surface area contributed by atoms with Crippen molar-refractivity contribution in [2.24, 2.45) is 5.92 Å². The maximum atomic E-state index is 14.8. The van der Waals surface area contributed by atoms with E-state index in [1.54, 1.807) is 12.1 Å². The minimum absolute atomic E-state index is 0.00438. The second-order valence-electron chi connectivity index (χ2n) is 8.25. The summed E-state index contributed by atoms with van der Waals surface area (Å²) in [6.07, 6.45) is -0.890. The van der Waals surface area contributed by atoms with Crippen molar-refractivity contribution in [2.45, 2.75) is 36.6 Å². The van der Waals surface area contributed by atoms with Crippen molar-refractivity contribution in [3.8, 4) is 0 Å². The molecule has 2 aliphatic rings. The third-order valence-electron chi connectivity index (χ3n) is 5.84. The van der Waals surface area contributed by atoms with Crippen molar-refractivity contribution in [2.75, 3.05) is 19.6 Å². The van der Waals surface area contributed by atoms with E-state index in [0.717, 1.165) is 15.9 Å². The summed E-state index contributed by atoms with van der Waals surface area (Å²) in [7, 11) is -4.22. The summed E-state index contributed by atoms with van der Waals surface area (Å²) in [4.78, 5) is 23.9. The number of likely N-dealkylation sites (tertiary alicyclic amines) is 1. The topological polar surface area (TPSA) is 110 Å². The summed E-state index contributed by atoms with van der Waals surface area (Å²) in [6.45, 7) is -0.298. The normalized spacial score (nSPS) is 20.7. The molecule has 4 rings (SSSR count). The molecule has 1 heterocycles. The van der Waals surface area contributed by atoms with Gasteiger partial charge in [0, 0.05) is 31.1 Å². The van der Waals surface area contributed by atoms with Crippen LogP contribution < -0.4 is 0 Å². The quantitative estimate of drug-likeness (QED) is 0.426. The lowest BCUT2D eigenvalue weighted by Gasteiger charge is -2.25. The zero-order valence-corrected chi connectivity index (χ0v) is 18.6. The minimum atomic E-state index is -4.22. The van der Waals surface area contributed by atoms with Crippen molar-refractivity contribution in [1.82, 2.24) is 9.21 Å². The zero-order valence-electron chi connectivity index (χ0n) is 17.7. The van der Waals surface area contributed by atoms with Crippen molar-refractivity contribution in [3.05, 3.63) is 70.3 Å². The number of para-hydroxylation sites is 1. The van der Waals surface area contributed by atoms with Crippen molar-refractivity contribution in [1.29, 1.82) is 0 Å². The molecule has 1 amide bonds. The fraction of sp³-hybridized carbons (Fsp3) is 0.409. The number of nitrogens with zero attached hydrogens (tertiary/aromatic N) is 3. The van der Waals surface area contributed by atoms with Gasteiger partial charge in [-0.2, -0.15) is 4.31 Å². The summed E-state index contributed by atoms with van der Waals surface area (Å²) in [6, 6.07) is 13.9. The van der Waals surface area contributed by atoms with E-state index in [0.29, 0.717) is 12.8 Å². The molecule has 1 saturated heterocycles. The largest absolute Gasteiger partial charge is 0.445 e. The summed E-state index contributed by atoms with van der Waals surface area (Å²) in [5.74, 6) is -0.757. The molecule has 2 aromatic rings. The Balaban J connectivity index is 1.45. The number of hydrogen-bond donors (Lipinski definition) is 0. The number of alkyl halides is 1. The van der Waals surface area contributed by atoms with Gasteiger partial charge in [0.2, 0.25) is 10.0 Å². The van der Waals surface area contributed by atoms with Crippen molar-refractivity contribution in [3.63, 3.8) is 0 Å². The SMILES string of the molecule is O=C(OCc1ccccc1)N1C[C@H](CN(C2CC2)S(=O)(=O)c2ccccc2[N+](=O)[O-])[C@H](F)C1. The number of nitro groups is 1. The van der Waals surface area contributed by atoms with E-state index >= 15 is 0 Å². The van der Waals surface area contributed by atoms with Crippen LogP contribution in [-0.2, 0) is 21.4 Å². The lowest BCUT2D eigenvalue weighted by atomic mass is 10.1. The lowest BCUT2D eigenvalue weighted by molar-refractivity contribution is -0.387. The first-order chi connectivity index (χ1) is 15.8. The Morgan fingerprint density at radius 1 is 1.12 bits per heavy atom. The number of hydrogen-bond acceptors (Lipinski definition) is 6. The van der Waals surface area contributed by atoms with Crippen molar-refractivity contribution < 1.29 is 27.3 Å². The van der Waals surface area contributed by atoms with Gasteiger partial charge in [-0.3, -0.25) is 10.1 Å². The number of halogens is 1. The standard InChI is InChI=1S/C22H24FN3O6S/c23-19-14-24(22(27)32-15-16-6-2-1-3-7-16)12-17(19)13-25(18-10-11-18)33(30,31)21-9-5-4-8-20(21)26(28)29/h1-9,17-19H,10-15H2/t17-,19-/m1/s1. The first kappa shape index (κ1) is 23.1. The number of carbonyl (C=O) groups is 1. The number of rotatable bonds is 8. The first-order valence-electron chi connectivity index (χ1n) is 10.6. The number of amides is 1. The molecule has 1 saturated carbocycles. The average molecular weight is 478 g/mol. The van der Waals surface area contributed by atoms with E-state index in [2.05, 4.69) is 0 Å². The third kappa shape index (κ3) is 5.14. The van der Waals surface area contributed by atoms with Gasteiger partial charge < -0.3 is 9.64 Å². The maximum absolute atomic E-state index is 14.8. The van der Waals surface area contributed by atoms with E-state index in [1.165, 1.54) is 23.1 Å². The smallest absolute Gasteiger partial charge is 0.410 e. The molecular formula is C22H24FN3O6S. The highest BCUT2D eigenvalue weighted by Crippen LogP contribution is 2.37. The molecule has 2 aromatic carbocycles. The Morgan fingerprint density at radius 3 is 2.45 bits per heavy atom. The van der Waals surface area contributed by atoms with Crippen LogP contribution in [0.2, 0.25) is 0 Å². The van der Waals surface area contributed by atoms with E-state index in [1.807, 2.05) is 18.2 Å². The van der Waals surface area contributed by atoms with Gasteiger partial charge in [-0.05, 0) is 24.5 Å². The second kappa shape index (κ2) is 9.44. The monoisotopic (exact) mass is 477 g/mol. The van der Waals surface area contributed by atoms with Crippen LogP contribution in [0.4, 0.5) is 14.9 Å². The van der Waals surface area contributed by atoms with E-state index in [4.69, 9.17) is 4.74 Å². The van der Waals surface area contributed by atoms with Crippen LogP contribution in [0, 0.1) is 16.0 Å². The van der Waals surface area contributed by atoms with Gasteiger partial charge in [-0.25, -0.2) is 17.6 Å². The Hall–Kier alpha value is -3.05. The fourth-order valence-electron chi connectivity index (χ4n) is 3.95. The summed E-state index contributed by atoms with van der Waals surface area (Å²) >= 11 is 0. The molecule has 11 heteroatoms. The highest BCUT2D eigenvalue weighted by Gasteiger charge is 2.45. The van der Waals surface area contributed by atoms with Crippen LogP contribution in [0.5, 0.6) is 0 Å². The molecule has 0 N–H and O–H groups in total. The molecular weight excluding hydrogens is 453 g/mol. The fourth-order valence-corrected chi connectivity index (χ4v) is 5.85. The number of carbonyl (C=O) groups excluding carboxylic acids is 1. The van der Waals surface area contributed by atoms with Gasteiger partial charge in [-0.15, -0.1) is 0 Å². The van der Waals surface area contributed by atoms with E-state index < -0.39 is 43.7 Å². The highest BCUT2D eigenvalue weighted by molar-refractivity contribution is 7.89. The first-order valence-corrected chi connectivity index (χ1v) is 12.1. The van der Waals surface area contributed by atoms with Gasteiger partial charge in [0.15, 0.2) is 4.90 Å². The number of sulfonamides is 1. The van der Waals surface area contributed by atoms with E-state index in [9.17, 15) is 27.7 Å². The average Bonchev–Trinajstić information content (AvgIpc) is 3.58. The van der Waals surface area contributed by atoms with Crippen LogP contribution in [-0.4, -0.2) is 60.5 Å². The van der Waals surface area contributed by atoms with Crippen LogP contribution >= 0.6 is 0 Å². The van der Waals surface area contributed by atoms with Crippen molar-refractivity contribution >= 4 is 21.8 Å². The molecule has 1 aliphatic heterocycles. The molecule has 0 bridgehead atoms. The molecule has 176 valence electrons. The zero-order chi connectivity index (χ0) is 23.6. The van der Waals surface area contributed by atoms with Crippen LogP contribution in [0.25, 0.3) is 0 Å². The molecule has 2 fully saturated rings. The third-order valence-corrected chi connectivity index (χ3v) is 7.81. The van der Waals surface area contributed by atoms with Crippen LogP contribution in [0.3, 0.4) is 0 Å². The van der Waals surface area contributed by atoms with Gasteiger partial charge >= 0.3 is 6.09 Å². The Morgan fingerprint density at radius 2 is 1.79 bits per heavy atom. The lowest BCUT2D eigenvalue weighted by Crippen LogP contribution is -2.40. The Labute approximate surface area is 191 Å². The molecule has 0 aromatic heterocycles. The van der Waals surface area contributed by atoms with E-state index in [-0.39, 0.29) is 32.3 Å². The number of nitro benzene ring substituents is 1. The minimum Gasteiger partial charge on any atom is -0.445 e. The summed E-state index contributed by atoms with van der Waals surface area (Å²) in [5, 5.41) is 11.4. The van der Waals surface area contributed by atoms with Gasteiger partial charge in [-0.1, -0.05) is 42.5 Å². The molecule has 2 atom stereocenters. The number of ether oxygens (including phenoxy) is 1. The molecule has 0 radical (unpaired) electrons. The van der Waals surface area contributed by atoms with Gasteiger partial charge in [0.1, 0.15) is 12.8 Å². The van der Waals surface area contributed by atoms with Crippen LogP contribution in [0.15, 0.2) is 59.5 Å². The molecule has 0 unspecified atom stereocenters. The summed E-state index contributed by atoms with van der Waals surface area (Å²) < 4.78 is 47.9. The molecule has 0 spiro atoms. The number of benzene rings is 2. The molecule has 9 nitrogen and oxygen atoms in total. The van der Waals surface area contributed by atoms with Crippen LogP contribution in [0.1, 0.15) is 18.4 Å². The Kier molecular flexibility index (Phi) is 6.61. The molecule has 33 heavy (non-hydrogen) atoms. The maximum Gasteiger partial charge on any atom is 0.410 e. The van der Waals surface area contributed by atoms with Gasteiger partial charge in [0.25, 0.3) is 5.69 Å². The molecule has 1 aliphatic carbocycles. The van der Waals surface area contributed by atoms with Gasteiger partial charge in [0.05, 0.1) is 11.5 Å². The Bertz CT molecular complexity index is 1130. The highest BCUT2D eigenvalue weighted by atomic mass is 32.2. The second-order valence-corrected chi connectivity index (χ2v) is 10.1. The predicted octanol–water partition coefficient (Wildman–Crippen LogP) is 3.35.